The van der Waals surface area contributed by atoms with Crippen LogP contribution in [0.5, 0.6) is 0 Å². The van der Waals surface area contributed by atoms with Crippen LogP contribution in [-0.2, 0) is 10.0 Å². The maximum atomic E-state index is 13.9. The number of aromatic nitrogens is 2. The molecule has 0 amide bonds. The molecule has 2 heterocycles. The summed E-state index contributed by atoms with van der Waals surface area (Å²) in [5, 5.41) is 9.90. The van der Waals surface area contributed by atoms with Crippen molar-refractivity contribution in [2.24, 2.45) is 5.92 Å². The van der Waals surface area contributed by atoms with E-state index in [-0.39, 0.29) is 29.4 Å². The Morgan fingerprint density at radius 1 is 1.25 bits per heavy atom. The molecule has 2 aromatic carbocycles. The van der Waals surface area contributed by atoms with Crippen molar-refractivity contribution in [2.75, 3.05) is 19.8 Å². The number of alkyl halides is 1. The third kappa shape index (κ3) is 4.47. The van der Waals surface area contributed by atoms with Crippen molar-refractivity contribution < 1.29 is 22.3 Å². The van der Waals surface area contributed by atoms with Crippen molar-refractivity contribution in [1.29, 1.82) is 0 Å². The van der Waals surface area contributed by atoms with Gasteiger partial charge in [-0.2, -0.15) is 4.31 Å². The molecule has 1 aliphatic heterocycles. The summed E-state index contributed by atoms with van der Waals surface area (Å²) < 4.78 is 55.0. The van der Waals surface area contributed by atoms with Gasteiger partial charge in [-0.3, -0.25) is 4.39 Å². The first-order valence-electron chi connectivity index (χ1n) is 9.75. The largest absolute Gasteiger partial charge is 0.393 e. The Hall–Kier alpha value is -1.85. The van der Waals surface area contributed by atoms with Gasteiger partial charge in [-0.1, -0.05) is 17.7 Å². The molecular formula is C21H19BrClF2N3O3S. The normalized spacial score (nSPS) is 19.9. The summed E-state index contributed by atoms with van der Waals surface area (Å²) in [6.45, 7) is -0.867. The van der Waals surface area contributed by atoms with Crippen molar-refractivity contribution in [3.05, 3.63) is 57.9 Å². The lowest BCUT2D eigenvalue weighted by atomic mass is 9.98. The third-order valence-corrected chi connectivity index (χ3v) is 8.47. The molecule has 1 saturated heterocycles. The molecule has 0 saturated carbocycles. The molecule has 0 spiro atoms. The van der Waals surface area contributed by atoms with E-state index in [1.54, 1.807) is 18.2 Å². The molecule has 170 valence electrons. The summed E-state index contributed by atoms with van der Waals surface area (Å²) in [5.74, 6) is -0.816. The summed E-state index contributed by atoms with van der Waals surface area (Å²) in [6, 6.07) is 9.13. The first kappa shape index (κ1) is 23.3. The van der Waals surface area contributed by atoms with Gasteiger partial charge in [-0.25, -0.2) is 17.8 Å². The maximum absolute atomic E-state index is 13.9. The van der Waals surface area contributed by atoms with Crippen molar-refractivity contribution in [1.82, 2.24) is 14.3 Å². The average Bonchev–Trinajstić information content (AvgIpc) is 3.26. The first-order valence-corrected chi connectivity index (χ1v) is 12.4. The minimum Gasteiger partial charge on any atom is -0.393 e. The molecule has 32 heavy (non-hydrogen) atoms. The number of aliphatic hydroxyl groups excluding tert-OH is 1. The summed E-state index contributed by atoms with van der Waals surface area (Å²) in [4.78, 5) is 7.23. The van der Waals surface area contributed by atoms with E-state index < -0.39 is 34.5 Å². The van der Waals surface area contributed by atoms with Gasteiger partial charge in [-0.15, -0.1) is 0 Å². The second kappa shape index (κ2) is 9.18. The molecule has 6 nitrogen and oxygen atoms in total. The quantitative estimate of drug-likeness (QED) is 0.488. The van der Waals surface area contributed by atoms with Gasteiger partial charge in [0.1, 0.15) is 16.5 Å². The number of rotatable bonds is 5. The van der Waals surface area contributed by atoms with Crippen LogP contribution in [0.4, 0.5) is 8.78 Å². The Labute approximate surface area is 197 Å². The van der Waals surface area contributed by atoms with Crippen molar-refractivity contribution >= 4 is 37.6 Å². The number of nitrogens with one attached hydrogen (secondary N) is 1. The second-order valence-electron chi connectivity index (χ2n) is 7.55. The Kier molecular flexibility index (Phi) is 6.69. The highest BCUT2D eigenvalue weighted by atomic mass is 79.9. The zero-order valence-electron chi connectivity index (χ0n) is 16.6. The fourth-order valence-electron chi connectivity index (χ4n) is 3.62. The lowest BCUT2D eigenvalue weighted by molar-refractivity contribution is 0.0413. The number of hydrogen-bond acceptors (Lipinski definition) is 4. The lowest BCUT2D eigenvalue weighted by Crippen LogP contribution is -2.46. The van der Waals surface area contributed by atoms with Gasteiger partial charge in [-0.05, 0) is 52.7 Å². The van der Waals surface area contributed by atoms with E-state index in [1.807, 2.05) is 0 Å². The van der Waals surface area contributed by atoms with Crippen molar-refractivity contribution in [3.8, 4) is 22.6 Å². The maximum Gasteiger partial charge on any atom is 0.244 e. The minimum atomic E-state index is -4.02. The summed E-state index contributed by atoms with van der Waals surface area (Å²) in [7, 11) is -4.02. The number of imidazole rings is 1. The number of halogens is 4. The average molecular weight is 547 g/mol. The van der Waals surface area contributed by atoms with Crippen LogP contribution in [0.1, 0.15) is 6.42 Å². The Balaban J connectivity index is 1.66. The molecule has 0 aliphatic carbocycles. The second-order valence-corrected chi connectivity index (χ2v) is 10.7. The monoisotopic (exact) mass is 545 g/mol. The zero-order chi connectivity index (χ0) is 23.0. The molecule has 1 aliphatic rings. The molecule has 2 atom stereocenters. The van der Waals surface area contributed by atoms with E-state index in [4.69, 9.17) is 11.6 Å². The number of H-pyrrole nitrogens is 1. The van der Waals surface area contributed by atoms with Crippen LogP contribution >= 0.6 is 27.5 Å². The predicted molar refractivity (Wildman–Crippen MR) is 121 cm³/mol. The molecule has 1 aromatic heterocycles. The highest BCUT2D eigenvalue weighted by molar-refractivity contribution is 9.10. The molecule has 1 fully saturated rings. The van der Waals surface area contributed by atoms with Gasteiger partial charge in [0.2, 0.25) is 10.0 Å². The number of benzene rings is 2. The molecule has 11 heteroatoms. The summed E-state index contributed by atoms with van der Waals surface area (Å²) in [6.07, 6.45) is 0.799. The predicted octanol–water partition coefficient (Wildman–Crippen LogP) is 4.64. The van der Waals surface area contributed by atoms with Crippen LogP contribution in [-0.4, -0.2) is 53.7 Å². The fraction of sp³-hybridized carbons (Fsp3) is 0.286. The van der Waals surface area contributed by atoms with Crippen LogP contribution in [0.3, 0.4) is 0 Å². The fourth-order valence-corrected chi connectivity index (χ4v) is 5.88. The smallest absolute Gasteiger partial charge is 0.244 e. The van der Waals surface area contributed by atoms with Gasteiger partial charge in [0.05, 0.1) is 34.2 Å². The van der Waals surface area contributed by atoms with Crippen LogP contribution in [0.2, 0.25) is 5.02 Å². The van der Waals surface area contributed by atoms with Crippen LogP contribution < -0.4 is 0 Å². The van der Waals surface area contributed by atoms with Crippen LogP contribution in [0.15, 0.2) is 52.0 Å². The highest BCUT2D eigenvalue weighted by Crippen LogP contribution is 2.32. The first-order chi connectivity index (χ1) is 15.2. The molecule has 0 unspecified atom stereocenters. The van der Waals surface area contributed by atoms with Crippen LogP contribution in [0.25, 0.3) is 22.6 Å². The Morgan fingerprint density at radius 3 is 2.72 bits per heavy atom. The zero-order valence-corrected chi connectivity index (χ0v) is 19.8. The summed E-state index contributed by atoms with van der Waals surface area (Å²) in [5.41, 5.74) is 1.60. The molecular weight excluding hydrogens is 528 g/mol. The van der Waals surface area contributed by atoms with Crippen molar-refractivity contribution in [2.45, 2.75) is 17.4 Å². The number of piperidine rings is 1. The number of aromatic amines is 1. The number of nitrogens with zero attached hydrogens (tertiary/aromatic N) is 2. The topological polar surface area (TPSA) is 86.3 Å². The van der Waals surface area contributed by atoms with Gasteiger partial charge < -0.3 is 10.1 Å². The van der Waals surface area contributed by atoms with Gasteiger partial charge in [0, 0.05) is 30.1 Å². The number of hydrogen-bond donors (Lipinski definition) is 2. The van der Waals surface area contributed by atoms with E-state index in [0.717, 1.165) is 4.31 Å². The Morgan fingerprint density at radius 2 is 2.00 bits per heavy atom. The lowest BCUT2D eigenvalue weighted by Gasteiger charge is -2.34. The summed E-state index contributed by atoms with van der Waals surface area (Å²) >= 11 is 9.33. The van der Waals surface area contributed by atoms with E-state index >= 15 is 0 Å². The van der Waals surface area contributed by atoms with E-state index in [2.05, 4.69) is 25.9 Å². The van der Waals surface area contributed by atoms with E-state index in [1.165, 1.54) is 24.4 Å². The van der Waals surface area contributed by atoms with Crippen LogP contribution in [0, 0.1) is 11.7 Å². The molecule has 0 radical (unpaired) electrons. The molecule has 4 rings (SSSR count). The third-order valence-electron chi connectivity index (χ3n) is 5.48. The standard InChI is InChI=1S/C21H19BrClF2N3O3S/c22-15-3-1-12(7-17(15)25)18-10-26-21(27-18)13-2-4-16(23)20(8-13)32(30,31)28-6-5-19(29)14(9-24)11-28/h1-4,7-8,10,14,19,29H,5-6,9,11H2,(H,26,27)/t14-,19-/m0/s1. The molecule has 0 bridgehead atoms. The van der Waals surface area contributed by atoms with Crippen molar-refractivity contribution in [3.63, 3.8) is 0 Å². The SMILES string of the molecule is O=S(=O)(c1cc(-c2ncc(-c3ccc(Br)c(F)c3)[nH]2)ccc1Cl)N1CC[C@H](O)[C@@H](CF)C1. The van der Waals surface area contributed by atoms with E-state index in [9.17, 15) is 22.3 Å². The Bertz CT molecular complexity index is 1250. The van der Waals surface area contributed by atoms with Gasteiger partial charge >= 0.3 is 0 Å². The number of sulfonamides is 1. The van der Waals surface area contributed by atoms with Gasteiger partial charge in [0.15, 0.2) is 0 Å². The van der Waals surface area contributed by atoms with Gasteiger partial charge in [0.25, 0.3) is 0 Å². The molecule has 3 aromatic rings. The molecule has 2 N–H and O–H groups in total. The number of aliphatic hydroxyl groups is 1. The van der Waals surface area contributed by atoms with E-state index in [0.29, 0.717) is 27.1 Å². The highest BCUT2D eigenvalue weighted by Gasteiger charge is 2.36. The minimum absolute atomic E-state index is 0.0263.